The molecule has 1 N–H and O–H groups in total. The zero-order chi connectivity index (χ0) is 15.6. The van der Waals surface area contributed by atoms with Gasteiger partial charge in [-0.2, -0.15) is 13.2 Å². The first-order chi connectivity index (χ1) is 9.00. The van der Waals surface area contributed by atoms with Crippen molar-refractivity contribution in [3.8, 4) is 0 Å². The van der Waals surface area contributed by atoms with E-state index in [9.17, 15) is 13.2 Å². The molecule has 0 bridgehead atoms. The number of hydrogen-bond donors (Lipinski definition) is 1. The van der Waals surface area contributed by atoms with Gasteiger partial charge in [0.15, 0.2) is 0 Å². The van der Waals surface area contributed by atoms with Crippen LogP contribution < -0.4 is 5.32 Å². The van der Waals surface area contributed by atoms with Gasteiger partial charge in [-0.15, -0.1) is 0 Å². The Morgan fingerprint density at radius 1 is 1.10 bits per heavy atom. The molecule has 1 aliphatic rings. The second kappa shape index (κ2) is 6.65. The van der Waals surface area contributed by atoms with Gasteiger partial charge in [-0.25, -0.2) is 0 Å². The van der Waals surface area contributed by atoms with Gasteiger partial charge < -0.3 is 10.2 Å². The van der Waals surface area contributed by atoms with Crippen molar-refractivity contribution in [1.29, 1.82) is 0 Å². The quantitative estimate of drug-likeness (QED) is 0.851. The van der Waals surface area contributed by atoms with Crippen LogP contribution in [0.5, 0.6) is 0 Å². The molecule has 1 saturated heterocycles. The summed E-state index contributed by atoms with van der Waals surface area (Å²) >= 11 is 0. The minimum Gasteiger partial charge on any atom is -0.312 e. The summed E-state index contributed by atoms with van der Waals surface area (Å²) in [7, 11) is 0. The van der Waals surface area contributed by atoms with Crippen molar-refractivity contribution in [2.45, 2.75) is 65.2 Å². The van der Waals surface area contributed by atoms with Crippen molar-refractivity contribution >= 4 is 0 Å². The third-order valence-electron chi connectivity index (χ3n) is 4.35. The van der Waals surface area contributed by atoms with Gasteiger partial charge in [0.2, 0.25) is 0 Å². The summed E-state index contributed by atoms with van der Waals surface area (Å²) in [6, 6.07) is 0.319. The molecule has 5 heteroatoms. The Balaban J connectivity index is 2.40. The van der Waals surface area contributed by atoms with Crippen LogP contribution in [0.2, 0.25) is 0 Å². The second-order valence-electron chi connectivity index (χ2n) is 7.20. The first-order valence-corrected chi connectivity index (χ1v) is 7.56. The lowest BCUT2D eigenvalue weighted by Gasteiger charge is -2.39. The van der Waals surface area contributed by atoms with Crippen LogP contribution in [0, 0.1) is 11.8 Å². The van der Waals surface area contributed by atoms with Crippen LogP contribution in [-0.4, -0.2) is 42.3 Å². The molecule has 1 fully saturated rings. The zero-order valence-electron chi connectivity index (χ0n) is 13.3. The number of hydrogen-bond acceptors (Lipinski definition) is 2. The molecule has 120 valence electrons. The third-order valence-corrected chi connectivity index (χ3v) is 4.35. The highest BCUT2D eigenvalue weighted by atomic mass is 19.4. The van der Waals surface area contributed by atoms with Crippen LogP contribution in [0.15, 0.2) is 0 Å². The van der Waals surface area contributed by atoms with Crippen molar-refractivity contribution in [1.82, 2.24) is 10.2 Å². The minimum atomic E-state index is -4.02. The molecule has 1 rings (SSSR count). The van der Waals surface area contributed by atoms with Gasteiger partial charge in [0.25, 0.3) is 0 Å². The van der Waals surface area contributed by atoms with E-state index < -0.39 is 12.1 Å². The molecule has 20 heavy (non-hydrogen) atoms. The number of likely N-dealkylation sites (tertiary alicyclic amines) is 1. The van der Waals surface area contributed by atoms with E-state index in [1.54, 1.807) is 0 Å². The molecular formula is C15H29F3N2. The van der Waals surface area contributed by atoms with Crippen molar-refractivity contribution in [2.75, 3.05) is 19.6 Å². The molecule has 1 heterocycles. The van der Waals surface area contributed by atoms with E-state index in [2.05, 4.69) is 44.8 Å². The van der Waals surface area contributed by atoms with Crippen LogP contribution >= 0.6 is 0 Å². The van der Waals surface area contributed by atoms with E-state index in [-0.39, 0.29) is 18.4 Å². The predicted molar refractivity (Wildman–Crippen MR) is 76.7 cm³/mol. The summed E-state index contributed by atoms with van der Waals surface area (Å²) in [5.41, 5.74) is 0.0806. The summed E-state index contributed by atoms with van der Waals surface area (Å²) in [5.74, 6) is -0.675. The Kier molecular flexibility index (Phi) is 5.90. The average Bonchev–Trinajstić information content (AvgIpc) is 2.33. The third kappa shape index (κ3) is 5.60. The number of piperidine rings is 1. The van der Waals surface area contributed by atoms with Gasteiger partial charge in [0.05, 0.1) is 5.92 Å². The fourth-order valence-corrected chi connectivity index (χ4v) is 2.63. The SMILES string of the molecule is CC(CNC(C)(C)C)C(C)N1CCC(C(F)(F)F)CC1. The van der Waals surface area contributed by atoms with E-state index in [0.29, 0.717) is 25.0 Å². The molecule has 0 aromatic heterocycles. The zero-order valence-corrected chi connectivity index (χ0v) is 13.3. The Morgan fingerprint density at radius 2 is 1.60 bits per heavy atom. The second-order valence-corrected chi connectivity index (χ2v) is 7.20. The van der Waals surface area contributed by atoms with E-state index in [1.807, 2.05) is 0 Å². The molecule has 0 radical (unpaired) electrons. The Hall–Kier alpha value is -0.290. The topological polar surface area (TPSA) is 15.3 Å². The molecule has 2 unspecified atom stereocenters. The highest BCUT2D eigenvalue weighted by Crippen LogP contribution is 2.34. The van der Waals surface area contributed by atoms with Crippen LogP contribution in [0.3, 0.4) is 0 Å². The molecule has 0 aliphatic carbocycles. The number of halogens is 3. The molecule has 0 aromatic carbocycles. The fourth-order valence-electron chi connectivity index (χ4n) is 2.63. The first kappa shape index (κ1) is 17.8. The highest BCUT2D eigenvalue weighted by molar-refractivity contribution is 4.83. The minimum absolute atomic E-state index is 0.0806. The highest BCUT2D eigenvalue weighted by Gasteiger charge is 2.41. The van der Waals surface area contributed by atoms with Gasteiger partial charge >= 0.3 is 6.18 Å². The molecule has 0 saturated carbocycles. The summed E-state index contributed by atoms with van der Waals surface area (Å²) in [6.45, 7) is 12.7. The Morgan fingerprint density at radius 3 is 2.00 bits per heavy atom. The van der Waals surface area contributed by atoms with Gasteiger partial charge in [-0.05, 0) is 66.1 Å². The fraction of sp³-hybridized carbons (Fsp3) is 1.00. The van der Waals surface area contributed by atoms with E-state index in [4.69, 9.17) is 0 Å². The van der Waals surface area contributed by atoms with Crippen molar-refractivity contribution in [3.63, 3.8) is 0 Å². The maximum absolute atomic E-state index is 12.7. The van der Waals surface area contributed by atoms with Crippen molar-refractivity contribution in [3.05, 3.63) is 0 Å². The Bertz CT molecular complexity index is 288. The van der Waals surface area contributed by atoms with Gasteiger partial charge in [-0.3, -0.25) is 0 Å². The smallest absolute Gasteiger partial charge is 0.312 e. The lowest BCUT2D eigenvalue weighted by molar-refractivity contribution is -0.186. The summed E-state index contributed by atoms with van der Waals surface area (Å²) in [5, 5.41) is 3.47. The van der Waals surface area contributed by atoms with Crippen LogP contribution in [0.1, 0.15) is 47.5 Å². The van der Waals surface area contributed by atoms with Crippen molar-refractivity contribution in [2.24, 2.45) is 11.8 Å². The molecule has 2 atom stereocenters. The number of nitrogens with one attached hydrogen (secondary N) is 1. The van der Waals surface area contributed by atoms with E-state index in [1.165, 1.54) is 0 Å². The number of alkyl halides is 3. The lowest BCUT2D eigenvalue weighted by Crippen LogP contribution is -2.48. The average molecular weight is 294 g/mol. The van der Waals surface area contributed by atoms with Gasteiger partial charge in [0.1, 0.15) is 0 Å². The van der Waals surface area contributed by atoms with Crippen LogP contribution in [-0.2, 0) is 0 Å². The summed E-state index contributed by atoms with van der Waals surface area (Å²) in [6.07, 6.45) is -3.53. The van der Waals surface area contributed by atoms with Gasteiger partial charge in [-0.1, -0.05) is 6.92 Å². The molecule has 2 nitrogen and oxygen atoms in total. The maximum Gasteiger partial charge on any atom is 0.391 e. The molecule has 0 spiro atoms. The summed E-state index contributed by atoms with van der Waals surface area (Å²) < 4.78 is 38.0. The maximum atomic E-state index is 12.7. The standard InChI is InChI=1S/C15H29F3N2/c1-11(10-19-14(3,4)5)12(2)20-8-6-13(7-9-20)15(16,17)18/h11-13,19H,6-10H2,1-5H3. The molecule has 0 aromatic rings. The first-order valence-electron chi connectivity index (χ1n) is 7.56. The van der Waals surface area contributed by atoms with Crippen LogP contribution in [0.25, 0.3) is 0 Å². The predicted octanol–water partition coefficient (Wildman–Crippen LogP) is 3.67. The van der Waals surface area contributed by atoms with Crippen molar-refractivity contribution < 1.29 is 13.2 Å². The normalized spacial score (nSPS) is 22.8. The molecule has 0 amide bonds. The number of rotatable bonds is 4. The molecule has 1 aliphatic heterocycles. The number of nitrogens with zero attached hydrogens (tertiary/aromatic N) is 1. The summed E-state index contributed by atoms with van der Waals surface area (Å²) in [4.78, 5) is 2.21. The monoisotopic (exact) mass is 294 g/mol. The van der Waals surface area contributed by atoms with Gasteiger partial charge in [0, 0.05) is 11.6 Å². The molecular weight excluding hydrogens is 265 g/mol. The van der Waals surface area contributed by atoms with Crippen LogP contribution in [0.4, 0.5) is 13.2 Å². The largest absolute Gasteiger partial charge is 0.391 e. The van der Waals surface area contributed by atoms with E-state index >= 15 is 0 Å². The lowest BCUT2D eigenvalue weighted by atomic mass is 9.92. The Labute approximate surface area is 121 Å². The van der Waals surface area contributed by atoms with E-state index in [0.717, 1.165) is 6.54 Å².